The van der Waals surface area contributed by atoms with E-state index in [1.54, 1.807) is 26.0 Å². The number of aromatic amines is 2. The number of ether oxygens (including phenoxy) is 3. The quantitative estimate of drug-likeness (QED) is 0.0308. The topological polar surface area (TPSA) is 213 Å². The van der Waals surface area contributed by atoms with Gasteiger partial charge in [-0.05, 0) is 112 Å². The van der Waals surface area contributed by atoms with Crippen LogP contribution in [0.2, 0.25) is 0 Å². The summed E-state index contributed by atoms with van der Waals surface area (Å²) in [5, 5.41) is 0. The first-order valence-electron chi connectivity index (χ1n) is 22.8. The monoisotopic (exact) mass is 885 g/mol. The smallest absolute Gasteiger partial charge is 0.342 e. The molecule has 0 unspecified atom stereocenters. The summed E-state index contributed by atoms with van der Waals surface area (Å²) >= 11 is 0. The van der Waals surface area contributed by atoms with E-state index in [0.29, 0.717) is 23.8 Å². The number of carbonyl (C=O) groups excluding carboxylic acids is 4. The summed E-state index contributed by atoms with van der Waals surface area (Å²) < 4.78 is 17.7. The van der Waals surface area contributed by atoms with Gasteiger partial charge in [0.1, 0.15) is 23.7 Å². The number of urea groups is 1. The summed E-state index contributed by atoms with van der Waals surface area (Å²) in [5.74, 6) is -0.560. The molecule has 15 heteroatoms. The minimum absolute atomic E-state index is 0.0314. The zero-order valence-corrected chi connectivity index (χ0v) is 37.9. The molecule has 3 aromatic rings. The molecule has 1 aliphatic carbocycles. The van der Waals surface area contributed by atoms with Gasteiger partial charge in [0.25, 0.3) is 0 Å². The Morgan fingerprint density at radius 2 is 1.38 bits per heavy atom. The number of esters is 3. The van der Waals surface area contributed by atoms with Gasteiger partial charge in [-0.15, -0.1) is 0 Å². The third kappa shape index (κ3) is 16.3. The fourth-order valence-electron chi connectivity index (χ4n) is 8.01. The molecule has 0 atom stereocenters. The predicted octanol–water partition coefficient (Wildman–Crippen LogP) is 7.80. The third-order valence-electron chi connectivity index (χ3n) is 11.8. The molecule has 0 saturated heterocycles. The van der Waals surface area contributed by atoms with Crippen LogP contribution in [0.5, 0.6) is 11.5 Å². The molecule has 1 aromatic heterocycles. The molecule has 0 aliphatic heterocycles. The van der Waals surface area contributed by atoms with Gasteiger partial charge < -0.3 is 24.8 Å². The number of nitrogens with zero attached hydrogens (tertiary/aromatic N) is 2. The first-order valence-corrected chi connectivity index (χ1v) is 22.8. The molecule has 4 N–H and O–H groups in total. The fourth-order valence-corrected chi connectivity index (χ4v) is 8.01. The Bertz CT molecular complexity index is 2230. The van der Waals surface area contributed by atoms with Gasteiger partial charge in [0.15, 0.2) is 0 Å². The number of carbonyl (C=O) groups is 4. The summed E-state index contributed by atoms with van der Waals surface area (Å²) in [6.45, 7) is 13.1. The number of unbranched alkanes of at least 4 members (excludes halogenated alkanes) is 8. The van der Waals surface area contributed by atoms with E-state index in [4.69, 9.17) is 19.9 Å². The highest BCUT2D eigenvalue weighted by atomic mass is 16.6. The van der Waals surface area contributed by atoms with E-state index in [2.05, 4.69) is 20.1 Å². The van der Waals surface area contributed by atoms with Crippen molar-refractivity contribution in [1.82, 2.24) is 19.4 Å². The molecular formula is C49H67N5O10. The minimum Gasteiger partial charge on any atom is -0.460 e. The Morgan fingerprint density at radius 1 is 0.750 bits per heavy atom. The van der Waals surface area contributed by atoms with Crippen molar-refractivity contribution in [3.63, 3.8) is 0 Å². The molecule has 2 amide bonds. The second kappa shape index (κ2) is 26.0. The molecule has 0 bridgehead atoms. The number of amides is 2. The largest absolute Gasteiger partial charge is 0.460 e. The number of aryl methyl sites for hydroxylation is 2. The highest BCUT2D eigenvalue weighted by Gasteiger charge is 2.24. The van der Waals surface area contributed by atoms with Crippen LogP contribution < -0.4 is 32.3 Å². The van der Waals surface area contributed by atoms with E-state index in [1.807, 2.05) is 34.2 Å². The minimum atomic E-state index is -0.879. The summed E-state index contributed by atoms with van der Waals surface area (Å²) in [6, 6.07) is 10.3. The van der Waals surface area contributed by atoms with Gasteiger partial charge in [0, 0.05) is 24.2 Å². The average Bonchev–Trinajstić information content (AvgIpc) is 3.25. The lowest BCUT2D eigenvalue weighted by Crippen LogP contribution is -2.43. The fraction of sp³-hybridized carbons (Fsp3) is 0.531. The predicted molar refractivity (Wildman–Crippen MR) is 246 cm³/mol. The second-order valence-electron chi connectivity index (χ2n) is 17.0. The van der Waals surface area contributed by atoms with Crippen molar-refractivity contribution in [3.05, 3.63) is 114 Å². The maximum absolute atomic E-state index is 13.2. The summed E-state index contributed by atoms with van der Waals surface area (Å²) in [5.41, 5.74) is 6.37. The average molecular weight is 886 g/mol. The number of primary amides is 1. The van der Waals surface area contributed by atoms with Crippen LogP contribution in [-0.2, 0) is 33.7 Å². The Labute approximate surface area is 375 Å². The van der Waals surface area contributed by atoms with Crippen LogP contribution in [0.4, 0.5) is 4.79 Å². The molecule has 0 radical (unpaired) electrons. The van der Waals surface area contributed by atoms with Gasteiger partial charge in [0.2, 0.25) is 0 Å². The van der Waals surface area contributed by atoms with Crippen molar-refractivity contribution in [2.45, 2.75) is 142 Å². The van der Waals surface area contributed by atoms with Gasteiger partial charge in [-0.3, -0.25) is 9.97 Å². The highest BCUT2D eigenvalue weighted by Crippen LogP contribution is 2.39. The maximum Gasteiger partial charge on any atom is 0.342 e. The molecule has 1 fully saturated rings. The first-order chi connectivity index (χ1) is 30.7. The van der Waals surface area contributed by atoms with E-state index in [9.17, 15) is 33.6 Å². The van der Waals surface area contributed by atoms with E-state index in [-0.39, 0.29) is 54.5 Å². The van der Waals surface area contributed by atoms with Crippen molar-refractivity contribution in [2.75, 3.05) is 19.7 Å². The number of hydrogen-bond acceptors (Lipinski definition) is 10. The van der Waals surface area contributed by atoms with Crippen molar-refractivity contribution in [2.24, 2.45) is 11.7 Å². The molecule has 1 aliphatic rings. The normalized spacial score (nSPS) is 14.7. The molecule has 4 rings (SSSR count). The van der Waals surface area contributed by atoms with Crippen LogP contribution in [0.1, 0.15) is 150 Å². The Morgan fingerprint density at radius 3 is 2.02 bits per heavy atom. The second-order valence-corrected chi connectivity index (χ2v) is 17.0. The van der Waals surface area contributed by atoms with Crippen molar-refractivity contribution < 1.29 is 33.4 Å². The number of hydrogen-bond donors (Lipinski definition) is 3. The summed E-state index contributed by atoms with van der Waals surface area (Å²) in [6.07, 6.45) is 17.0. The Balaban J connectivity index is 1.21. The Kier molecular flexibility index (Phi) is 20.5. The van der Waals surface area contributed by atoms with Gasteiger partial charge >= 0.3 is 41.0 Å². The van der Waals surface area contributed by atoms with Crippen LogP contribution in [-0.4, -0.2) is 63.1 Å². The number of aromatic nitrogens is 3. The van der Waals surface area contributed by atoms with Crippen LogP contribution in [0.3, 0.4) is 0 Å². The summed E-state index contributed by atoms with van der Waals surface area (Å²) in [7, 11) is 0. The van der Waals surface area contributed by atoms with Crippen LogP contribution in [0.25, 0.3) is 0 Å². The van der Waals surface area contributed by atoms with Crippen LogP contribution >= 0.6 is 0 Å². The molecule has 2 aromatic carbocycles. The molecule has 64 heavy (non-hydrogen) atoms. The molecule has 1 heterocycles. The zero-order chi connectivity index (χ0) is 46.6. The van der Waals surface area contributed by atoms with Crippen molar-refractivity contribution in [1.29, 1.82) is 0 Å². The molecule has 15 nitrogen and oxygen atoms in total. The van der Waals surface area contributed by atoms with Gasteiger partial charge in [-0.1, -0.05) is 96.1 Å². The Hall–Kier alpha value is -5.99. The molecule has 0 spiro atoms. The standard InChI is InChI=1S/C49H67N5O10/c1-6-7-8-9-10-11-13-17-36-20-25-40(42(31-36)64-44(56)34(4)5)45(57)62-30-29-53(46(50)58)27-15-12-14-16-35-18-21-37(22-19-35)39-24-23-38(41(32-39)63-43(55)33(2)3)26-28-54-48(60)51-47(59)52-49(54)61/h20,23-25,31-32,35,37H,2,4,6-19,21-22,26-30H2,1,3,5H3,(H2,50,58)(H2,51,52,59,60,61). The lowest BCUT2D eigenvalue weighted by atomic mass is 9.77. The molecule has 348 valence electrons. The number of H-pyrrole nitrogens is 2. The van der Waals surface area contributed by atoms with Gasteiger partial charge in [-0.25, -0.2) is 38.1 Å². The first kappa shape index (κ1) is 50.7. The summed E-state index contributed by atoms with van der Waals surface area (Å²) in [4.78, 5) is 91.8. The van der Waals surface area contributed by atoms with Gasteiger partial charge in [0.05, 0.1) is 6.54 Å². The lowest BCUT2D eigenvalue weighted by Gasteiger charge is -2.29. The number of nitrogens with two attached hydrogens (primary N) is 1. The highest BCUT2D eigenvalue weighted by molar-refractivity contribution is 5.95. The van der Waals surface area contributed by atoms with Crippen molar-refractivity contribution in [3.8, 4) is 11.5 Å². The van der Waals surface area contributed by atoms with Crippen molar-refractivity contribution >= 4 is 23.9 Å². The zero-order valence-electron chi connectivity index (χ0n) is 37.9. The number of rotatable bonds is 26. The van der Waals surface area contributed by atoms with Crippen LogP contribution in [0, 0.1) is 5.92 Å². The SMILES string of the molecule is C=C(C)C(=O)Oc1cc(C2CCC(CCCCCN(CCOC(=O)c3ccc(CCCCCCCCC)cc3OC(=O)C(=C)C)C(N)=O)CC2)ccc1CCn1c(=O)[nH]c(=O)[nH]c1=O. The number of nitrogens with one attached hydrogen (secondary N) is 2. The van der Waals surface area contributed by atoms with Crippen LogP contribution in [0.15, 0.2) is 75.1 Å². The lowest BCUT2D eigenvalue weighted by molar-refractivity contribution is -0.131. The molecular weight excluding hydrogens is 819 g/mol. The molecule has 1 saturated carbocycles. The maximum atomic E-state index is 13.2. The van der Waals surface area contributed by atoms with E-state index in [0.717, 1.165) is 86.3 Å². The van der Waals surface area contributed by atoms with E-state index >= 15 is 0 Å². The van der Waals surface area contributed by atoms with E-state index in [1.165, 1.54) is 37.0 Å². The van der Waals surface area contributed by atoms with Gasteiger partial charge in [-0.2, -0.15) is 0 Å². The van der Waals surface area contributed by atoms with E-state index < -0.39 is 41.0 Å². The third-order valence-corrected chi connectivity index (χ3v) is 11.8. The number of benzene rings is 2.